The molecule has 1 fully saturated rings. The van der Waals surface area contributed by atoms with E-state index in [0.717, 1.165) is 45.1 Å². The summed E-state index contributed by atoms with van der Waals surface area (Å²) >= 11 is 4.86. The van der Waals surface area contributed by atoms with Crippen LogP contribution in [0, 0.1) is 11.8 Å². The first-order valence-corrected chi connectivity index (χ1v) is 14.9. The van der Waals surface area contributed by atoms with Crippen molar-refractivity contribution < 1.29 is 13.4 Å². The third kappa shape index (κ3) is 12.8. The minimum atomic E-state index is -2.70. The van der Waals surface area contributed by atoms with E-state index in [1.807, 2.05) is 0 Å². The first-order chi connectivity index (χ1) is 14.0. The molecule has 0 spiro atoms. The van der Waals surface area contributed by atoms with Gasteiger partial charge in [-0.05, 0) is 37.5 Å². The molecule has 1 heterocycles. The molecule has 0 aliphatic carbocycles. The van der Waals surface area contributed by atoms with Crippen LogP contribution in [0.5, 0.6) is 0 Å². The van der Waals surface area contributed by atoms with Gasteiger partial charge in [0.1, 0.15) is 0 Å². The standard InChI is InChI=1S/C23H49NO3SSi/c1-5-8-10-11-12-14-23(28)16-18-29(25-17-15-21(4)19-24-27-29)26-20-22(7-3)13-9-6-2/h21-24,28H,5-20H2,1-4H3. The zero-order valence-electron chi connectivity index (χ0n) is 19.7. The maximum Gasteiger partial charge on any atom is 0.517 e. The van der Waals surface area contributed by atoms with Gasteiger partial charge in [-0.3, -0.25) is 4.53 Å². The summed E-state index contributed by atoms with van der Waals surface area (Å²) in [4.78, 5) is 0. The molecule has 0 bridgehead atoms. The van der Waals surface area contributed by atoms with Gasteiger partial charge in [0.2, 0.25) is 0 Å². The number of hydrogen-bond donors (Lipinski definition) is 2. The van der Waals surface area contributed by atoms with E-state index in [4.69, 9.17) is 26.0 Å². The lowest BCUT2D eigenvalue weighted by Gasteiger charge is -2.34. The average Bonchev–Trinajstić information content (AvgIpc) is 2.70. The van der Waals surface area contributed by atoms with E-state index in [-0.39, 0.29) is 0 Å². The van der Waals surface area contributed by atoms with E-state index in [1.165, 1.54) is 57.8 Å². The number of thiol groups is 1. The molecule has 0 aromatic heterocycles. The van der Waals surface area contributed by atoms with Crippen molar-refractivity contribution in [2.45, 2.75) is 116 Å². The van der Waals surface area contributed by atoms with E-state index in [2.05, 4.69) is 33.2 Å². The van der Waals surface area contributed by atoms with Crippen LogP contribution in [0.2, 0.25) is 6.04 Å². The highest BCUT2D eigenvalue weighted by molar-refractivity contribution is 7.80. The minimum absolute atomic E-state index is 0.406. The van der Waals surface area contributed by atoms with Crippen molar-refractivity contribution >= 4 is 21.4 Å². The minimum Gasteiger partial charge on any atom is -0.373 e. The van der Waals surface area contributed by atoms with Crippen molar-refractivity contribution in [3.63, 3.8) is 0 Å². The van der Waals surface area contributed by atoms with Crippen LogP contribution in [-0.4, -0.2) is 33.8 Å². The highest BCUT2D eigenvalue weighted by Gasteiger charge is 2.43. The molecule has 0 aromatic rings. The molecule has 1 rings (SSSR count). The topological polar surface area (TPSA) is 39.7 Å². The zero-order chi connectivity index (χ0) is 21.4. The Balaban J connectivity index is 2.55. The third-order valence-corrected chi connectivity index (χ3v) is 9.22. The van der Waals surface area contributed by atoms with Gasteiger partial charge in [-0.25, -0.2) is 5.48 Å². The average molecular weight is 448 g/mol. The van der Waals surface area contributed by atoms with E-state index >= 15 is 0 Å². The molecule has 0 radical (unpaired) electrons. The first kappa shape index (κ1) is 27.4. The normalized spacial score (nSPS) is 25.3. The largest absolute Gasteiger partial charge is 0.517 e. The van der Waals surface area contributed by atoms with E-state index in [0.29, 0.717) is 17.1 Å². The molecule has 1 aliphatic rings. The lowest BCUT2D eigenvalue weighted by Crippen LogP contribution is -2.52. The SMILES string of the molecule is CCCCCCCC(S)CC[Si]1(OCC(CC)CCCC)OCCC(C)CNO1. The summed E-state index contributed by atoms with van der Waals surface area (Å²) in [7, 11) is -2.70. The maximum atomic E-state index is 6.50. The maximum absolute atomic E-state index is 6.50. The van der Waals surface area contributed by atoms with Crippen molar-refractivity contribution in [3.05, 3.63) is 0 Å². The van der Waals surface area contributed by atoms with E-state index < -0.39 is 8.80 Å². The second-order valence-corrected chi connectivity index (χ2v) is 12.4. The molecule has 1 aliphatic heterocycles. The molecule has 0 aromatic carbocycles. The van der Waals surface area contributed by atoms with Crippen LogP contribution in [0.4, 0.5) is 0 Å². The van der Waals surface area contributed by atoms with Gasteiger partial charge < -0.3 is 8.85 Å². The Bertz CT molecular complexity index is 379. The van der Waals surface area contributed by atoms with Gasteiger partial charge >= 0.3 is 8.80 Å². The van der Waals surface area contributed by atoms with Gasteiger partial charge in [0.15, 0.2) is 0 Å². The number of unbranched alkanes of at least 4 members (excludes halogenated alkanes) is 5. The van der Waals surface area contributed by atoms with Crippen LogP contribution in [0.3, 0.4) is 0 Å². The van der Waals surface area contributed by atoms with Gasteiger partial charge in [-0.15, -0.1) is 0 Å². The van der Waals surface area contributed by atoms with E-state index in [1.54, 1.807) is 0 Å². The molecule has 6 heteroatoms. The summed E-state index contributed by atoms with van der Waals surface area (Å²) in [5, 5.41) is 0.406. The van der Waals surface area contributed by atoms with Crippen LogP contribution in [0.15, 0.2) is 0 Å². The molecule has 4 unspecified atom stereocenters. The van der Waals surface area contributed by atoms with Crippen LogP contribution in [-0.2, 0) is 13.4 Å². The van der Waals surface area contributed by atoms with Crippen LogP contribution >= 0.6 is 12.6 Å². The molecule has 0 amide bonds. The van der Waals surface area contributed by atoms with Gasteiger partial charge in [0, 0.05) is 31.1 Å². The summed E-state index contributed by atoms with van der Waals surface area (Å²) in [6.45, 7) is 11.4. The molecular weight excluding hydrogens is 398 g/mol. The highest BCUT2D eigenvalue weighted by atomic mass is 32.1. The first-order valence-electron chi connectivity index (χ1n) is 12.4. The molecule has 29 heavy (non-hydrogen) atoms. The third-order valence-electron chi connectivity index (χ3n) is 6.10. The highest BCUT2D eigenvalue weighted by Crippen LogP contribution is 2.26. The van der Waals surface area contributed by atoms with Crippen molar-refractivity contribution in [1.29, 1.82) is 0 Å². The second-order valence-electron chi connectivity index (χ2n) is 9.00. The zero-order valence-corrected chi connectivity index (χ0v) is 21.6. The fraction of sp³-hybridized carbons (Fsp3) is 1.00. The Morgan fingerprint density at radius 3 is 2.52 bits per heavy atom. The molecule has 1 N–H and O–H groups in total. The van der Waals surface area contributed by atoms with Gasteiger partial charge in [0.05, 0.1) is 0 Å². The van der Waals surface area contributed by atoms with Crippen LogP contribution in [0.1, 0.15) is 105 Å². The van der Waals surface area contributed by atoms with Crippen molar-refractivity contribution in [2.75, 3.05) is 19.8 Å². The molecule has 4 nitrogen and oxygen atoms in total. The molecular formula is C23H49NO3SSi. The fourth-order valence-electron chi connectivity index (χ4n) is 3.72. The summed E-state index contributed by atoms with van der Waals surface area (Å²) in [5.41, 5.74) is 3.19. The van der Waals surface area contributed by atoms with Crippen molar-refractivity contribution in [1.82, 2.24) is 5.48 Å². The Labute approximate surface area is 188 Å². The Morgan fingerprint density at radius 1 is 1.03 bits per heavy atom. The molecule has 0 saturated carbocycles. The number of hydroxylamine groups is 1. The summed E-state index contributed by atoms with van der Waals surface area (Å²) in [6, 6.07) is 0.863. The van der Waals surface area contributed by atoms with Crippen molar-refractivity contribution in [3.8, 4) is 0 Å². The lowest BCUT2D eigenvalue weighted by atomic mass is 10.0. The number of nitrogens with one attached hydrogen (secondary N) is 1. The monoisotopic (exact) mass is 447 g/mol. The van der Waals surface area contributed by atoms with Crippen LogP contribution in [0.25, 0.3) is 0 Å². The molecule has 4 atom stereocenters. The van der Waals surface area contributed by atoms with Gasteiger partial charge in [0.25, 0.3) is 0 Å². The molecule has 174 valence electrons. The molecule has 1 saturated heterocycles. The summed E-state index contributed by atoms with van der Waals surface area (Å²) in [5.74, 6) is 1.16. The Hall–Kier alpha value is 0.407. The predicted octanol–water partition coefficient (Wildman–Crippen LogP) is 6.78. The Kier molecular flexibility index (Phi) is 16.1. The Morgan fingerprint density at radius 2 is 1.79 bits per heavy atom. The quantitative estimate of drug-likeness (QED) is 0.155. The summed E-state index contributed by atoms with van der Waals surface area (Å²) < 4.78 is 19.0. The fourth-order valence-corrected chi connectivity index (χ4v) is 6.79. The van der Waals surface area contributed by atoms with Crippen molar-refractivity contribution in [2.24, 2.45) is 11.8 Å². The number of hydrogen-bond acceptors (Lipinski definition) is 5. The summed E-state index contributed by atoms with van der Waals surface area (Å²) in [6.07, 6.45) is 14.7. The van der Waals surface area contributed by atoms with Crippen LogP contribution < -0.4 is 5.48 Å². The second kappa shape index (κ2) is 17.0. The predicted molar refractivity (Wildman–Crippen MR) is 129 cm³/mol. The number of rotatable bonds is 16. The smallest absolute Gasteiger partial charge is 0.373 e. The van der Waals surface area contributed by atoms with Gasteiger partial charge in [-0.1, -0.05) is 79.1 Å². The lowest BCUT2D eigenvalue weighted by molar-refractivity contribution is -0.00851. The van der Waals surface area contributed by atoms with Gasteiger partial charge in [-0.2, -0.15) is 12.6 Å². The van der Waals surface area contributed by atoms with E-state index in [9.17, 15) is 0 Å².